The van der Waals surface area contributed by atoms with Crippen molar-refractivity contribution in [2.75, 3.05) is 5.32 Å². The van der Waals surface area contributed by atoms with Crippen LogP contribution in [0.25, 0.3) is 0 Å². The Labute approximate surface area is 90.9 Å². The van der Waals surface area contributed by atoms with Gasteiger partial charge in [-0.3, -0.25) is 0 Å². The average molecular weight is 210 g/mol. The minimum atomic E-state index is -0.424. The van der Waals surface area contributed by atoms with E-state index in [1.807, 2.05) is 0 Å². The molecule has 1 aromatic rings. The van der Waals surface area contributed by atoms with E-state index in [2.05, 4.69) is 24.1 Å². The van der Waals surface area contributed by atoms with Crippen molar-refractivity contribution in [2.24, 2.45) is 0 Å². The van der Waals surface area contributed by atoms with E-state index < -0.39 is 5.95 Å². The fourth-order valence-corrected chi connectivity index (χ4v) is 1.68. The summed E-state index contributed by atoms with van der Waals surface area (Å²) in [4.78, 5) is 3.80. The maximum atomic E-state index is 12.8. The van der Waals surface area contributed by atoms with Gasteiger partial charge < -0.3 is 5.32 Å². The van der Waals surface area contributed by atoms with Crippen LogP contribution in [-0.4, -0.2) is 11.0 Å². The van der Waals surface area contributed by atoms with Crippen molar-refractivity contribution >= 4 is 5.82 Å². The molecule has 1 heterocycles. The highest BCUT2D eigenvalue weighted by Crippen LogP contribution is 2.12. The first-order chi connectivity index (χ1) is 7.26. The molecule has 0 aromatic carbocycles. The fraction of sp³-hybridized carbons (Fsp3) is 0.583. The van der Waals surface area contributed by atoms with Gasteiger partial charge in [0.25, 0.3) is 0 Å². The molecule has 84 valence electrons. The molecule has 0 aliphatic heterocycles. The summed E-state index contributed by atoms with van der Waals surface area (Å²) in [6, 6.07) is 5.26. The fourth-order valence-electron chi connectivity index (χ4n) is 1.68. The molecule has 1 N–H and O–H groups in total. The number of pyridine rings is 1. The third kappa shape index (κ3) is 4.28. The molecule has 0 radical (unpaired) electrons. The van der Waals surface area contributed by atoms with Crippen molar-refractivity contribution in [3.8, 4) is 0 Å². The SMILES string of the molecule is CCCC(CCC)Nc1cccc(F)n1. The van der Waals surface area contributed by atoms with Crippen LogP contribution in [0.3, 0.4) is 0 Å². The Bertz CT molecular complexity index is 283. The molecule has 1 aromatic heterocycles. The van der Waals surface area contributed by atoms with Crippen LogP contribution in [0.15, 0.2) is 18.2 Å². The molecule has 2 nitrogen and oxygen atoms in total. The number of rotatable bonds is 6. The lowest BCUT2D eigenvalue weighted by molar-refractivity contribution is 0.568. The minimum Gasteiger partial charge on any atom is -0.367 e. The Balaban J connectivity index is 2.56. The second-order valence-electron chi connectivity index (χ2n) is 3.76. The van der Waals surface area contributed by atoms with E-state index in [4.69, 9.17) is 0 Å². The molecule has 0 saturated carbocycles. The smallest absolute Gasteiger partial charge is 0.214 e. The topological polar surface area (TPSA) is 24.9 Å². The zero-order valence-electron chi connectivity index (χ0n) is 9.46. The molecule has 1 rings (SSSR count). The number of hydrogen-bond acceptors (Lipinski definition) is 2. The van der Waals surface area contributed by atoms with Crippen LogP contribution in [0.2, 0.25) is 0 Å². The number of hydrogen-bond donors (Lipinski definition) is 1. The highest BCUT2D eigenvalue weighted by Gasteiger charge is 2.07. The zero-order chi connectivity index (χ0) is 11.1. The van der Waals surface area contributed by atoms with Gasteiger partial charge in [0.2, 0.25) is 5.95 Å². The van der Waals surface area contributed by atoms with Gasteiger partial charge in [-0.2, -0.15) is 4.39 Å². The van der Waals surface area contributed by atoms with Gasteiger partial charge >= 0.3 is 0 Å². The average Bonchev–Trinajstić information content (AvgIpc) is 2.18. The van der Waals surface area contributed by atoms with Gasteiger partial charge in [0.15, 0.2) is 0 Å². The van der Waals surface area contributed by atoms with Gasteiger partial charge in [-0.1, -0.05) is 32.8 Å². The van der Waals surface area contributed by atoms with Crippen LogP contribution in [0.4, 0.5) is 10.2 Å². The number of nitrogens with one attached hydrogen (secondary N) is 1. The molecule has 0 aliphatic rings. The van der Waals surface area contributed by atoms with E-state index in [1.165, 1.54) is 6.07 Å². The second kappa shape index (κ2) is 6.38. The molecular weight excluding hydrogens is 191 g/mol. The number of halogens is 1. The Hall–Kier alpha value is -1.12. The van der Waals surface area contributed by atoms with Gasteiger partial charge in [0.1, 0.15) is 5.82 Å². The van der Waals surface area contributed by atoms with Gasteiger partial charge in [0.05, 0.1) is 0 Å². The predicted molar refractivity (Wildman–Crippen MR) is 61.4 cm³/mol. The van der Waals surface area contributed by atoms with E-state index >= 15 is 0 Å². The van der Waals surface area contributed by atoms with Gasteiger partial charge in [-0.25, -0.2) is 4.98 Å². The normalized spacial score (nSPS) is 10.7. The van der Waals surface area contributed by atoms with E-state index in [-0.39, 0.29) is 0 Å². The summed E-state index contributed by atoms with van der Waals surface area (Å²) in [6.07, 6.45) is 4.47. The van der Waals surface area contributed by atoms with Crippen molar-refractivity contribution in [1.29, 1.82) is 0 Å². The van der Waals surface area contributed by atoms with Crippen molar-refractivity contribution in [3.63, 3.8) is 0 Å². The lowest BCUT2D eigenvalue weighted by atomic mass is 10.1. The third-order valence-electron chi connectivity index (χ3n) is 2.34. The lowest BCUT2D eigenvalue weighted by Crippen LogP contribution is -2.19. The predicted octanol–water partition coefficient (Wildman–Crippen LogP) is 3.60. The summed E-state index contributed by atoms with van der Waals surface area (Å²) in [6.45, 7) is 4.31. The Morgan fingerprint density at radius 1 is 1.27 bits per heavy atom. The van der Waals surface area contributed by atoms with Gasteiger partial charge in [0, 0.05) is 6.04 Å². The maximum Gasteiger partial charge on any atom is 0.214 e. The molecule has 0 spiro atoms. The third-order valence-corrected chi connectivity index (χ3v) is 2.34. The van der Waals surface area contributed by atoms with Crippen LogP contribution >= 0.6 is 0 Å². The van der Waals surface area contributed by atoms with Crippen LogP contribution in [0.5, 0.6) is 0 Å². The van der Waals surface area contributed by atoms with Crippen molar-refractivity contribution in [2.45, 2.75) is 45.6 Å². The first-order valence-corrected chi connectivity index (χ1v) is 5.65. The molecule has 0 fully saturated rings. The molecular formula is C12H19FN2. The summed E-state index contributed by atoms with van der Waals surface area (Å²) in [5.41, 5.74) is 0. The summed E-state index contributed by atoms with van der Waals surface area (Å²) in [7, 11) is 0. The lowest BCUT2D eigenvalue weighted by Gasteiger charge is -2.17. The first-order valence-electron chi connectivity index (χ1n) is 5.65. The number of aromatic nitrogens is 1. The summed E-state index contributed by atoms with van der Waals surface area (Å²) in [5.74, 6) is 0.216. The second-order valence-corrected chi connectivity index (χ2v) is 3.76. The van der Waals surface area contributed by atoms with E-state index in [1.54, 1.807) is 12.1 Å². The standard InChI is InChI=1S/C12H19FN2/c1-3-6-10(7-4-2)14-12-9-5-8-11(13)15-12/h5,8-10H,3-4,6-7H2,1-2H3,(H,14,15). The first kappa shape index (κ1) is 12.0. The van der Waals surface area contributed by atoms with E-state index in [0.717, 1.165) is 25.7 Å². The van der Waals surface area contributed by atoms with E-state index in [0.29, 0.717) is 11.9 Å². The minimum absolute atomic E-state index is 0.411. The monoisotopic (exact) mass is 210 g/mol. The zero-order valence-corrected chi connectivity index (χ0v) is 9.46. The molecule has 0 aliphatic carbocycles. The Morgan fingerprint density at radius 2 is 1.93 bits per heavy atom. The van der Waals surface area contributed by atoms with Crippen LogP contribution in [0.1, 0.15) is 39.5 Å². The number of nitrogens with zero attached hydrogens (tertiary/aromatic N) is 1. The molecule has 0 unspecified atom stereocenters. The summed E-state index contributed by atoms with van der Waals surface area (Å²) >= 11 is 0. The Morgan fingerprint density at radius 3 is 2.47 bits per heavy atom. The molecule has 0 amide bonds. The van der Waals surface area contributed by atoms with Crippen LogP contribution in [-0.2, 0) is 0 Å². The molecule has 0 atom stereocenters. The molecule has 15 heavy (non-hydrogen) atoms. The van der Waals surface area contributed by atoms with Crippen molar-refractivity contribution in [3.05, 3.63) is 24.1 Å². The highest BCUT2D eigenvalue weighted by atomic mass is 19.1. The summed E-state index contributed by atoms with van der Waals surface area (Å²) < 4.78 is 12.8. The largest absolute Gasteiger partial charge is 0.367 e. The van der Waals surface area contributed by atoms with E-state index in [9.17, 15) is 4.39 Å². The molecule has 3 heteroatoms. The number of anilines is 1. The van der Waals surface area contributed by atoms with Crippen LogP contribution < -0.4 is 5.32 Å². The maximum absolute atomic E-state index is 12.8. The highest BCUT2D eigenvalue weighted by molar-refractivity contribution is 5.34. The summed E-state index contributed by atoms with van der Waals surface area (Å²) in [5, 5.41) is 3.27. The molecule has 0 bridgehead atoms. The van der Waals surface area contributed by atoms with Crippen molar-refractivity contribution < 1.29 is 4.39 Å². The van der Waals surface area contributed by atoms with Gasteiger partial charge in [-0.05, 0) is 25.0 Å². The van der Waals surface area contributed by atoms with Gasteiger partial charge in [-0.15, -0.1) is 0 Å². The quantitative estimate of drug-likeness (QED) is 0.726. The Kier molecular flexibility index (Phi) is 5.08. The van der Waals surface area contributed by atoms with Crippen molar-refractivity contribution in [1.82, 2.24) is 4.98 Å². The molecule has 0 saturated heterocycles. The van der Waals surface area contributed by atoms with Crippen LogP contribution in [0, 0.1) is 5.95 Å².